The molecule has 2 heterocycles. The summed E-state index contributed by atoms with van der Waals surface area (Å²) in [5.41, 5.74) is 6.28. The van der Waals surface area contributed by atoms with Crippen LogP contribution in [-0.4, -0.2) is 11.0 Å². The molecule has 0 saturated heterocycles. The van der Waals surface area contributed by atoms with E-state index < -0.39 is 0 Å². The Morgan fingerprint density at radius 2 is 2.35 bits per heavy atom. The van der Waals surface area contributed by atoms with E-state index in [1.54, 1.807) is 18.4 Å². The Morgan fingerprint density at radius 3 is 3.00 bits per heavy atom. The van der Waals surface area contributed by atoms with E-state index in [-0.39, 0.29) is 6.04 Å². The number of nitrogens with zero attached hydrogens (tertiary/aromatic N) is 1. The van der Waals surface area contributed by atoms with Gasteiger partial charge in [-0.3, -0.25) is 0 Å². The molecular formula is C12H14ClN3O. The Morgan fingerprint density at radius 1 is 1.53 bits per heavy atom. The fourth-order valence-corrected chi connectivity index (χ4v) is 1.84. The Hall–Kier alpha value is -1.68. The number of hydrogen-bond acceptors (Lipinski definition) is 4. The van der Waals surface area contributed by atoms with Gasteiger partial charge in [-0.15, -0.1) is 0 Å². The molecule has 0 radical (unpaired) electrons. The quantitative estimate of drug-likeness (QED) is 0.820. The summed E-state index contributed by atoms with van der Waals surface area (Å²) < 4.78 is 5.28. The number of nitrogen functional groups attached to an aromatic ring is 1. The van der Waals surface area contributed by atoms with Crippen LogP contribution < -0.4 is 11.1 Å². The largest absolute Gasteiger partial charge is 0.469 e. The first kappa shape index (κ1) is 11.8. The van der Waals surface area contributed by atoms with Crippen molar-refractivity contribution in [3.05, 3.63) is 41.4 Å². The van der Waals surface area contributed by atoms with Crippen LogP contribution >= 0.6 is 11.6 Å². The minimum atomic E-state index is 0.187. The molecule has 0 bridgehead atoms. The summed E-state index contributed by atoms with van der Waals surface area (Å²) >= 11 is 5.83. The molecule has 1 unspecified atom stereocenters. The van der Waals surface area contributed by atoms with Crippen molar-refractivity contribution in [2.45, 2.75) is 19.4 Å². The number of furan rings is 1. The highest BCUT2D eigenvalue weighted by atomic mass is 35.5. The van der Waals surface area contributed by atoms with Gasteiger partial charge < -0.3 is 15.5 Å². The minimum Gasteiger partial charge on any atom is -0.469 e. The van der Waals surface area contributed by atoms with Gasteiger partial charge in [0.1, 0.15) is 16.7 Å². The fraction of sp³-hybridized carbons (Fsp3) is 0.250. The molecule has 0 aliphatic rings. The average Bonchev–Trinajstić information content (AvgIpc) is 2.67. The number of nitrogens with one attached hydrogen (secondary N) is 1. The van der Waals surface area contributed by atoms with Gasteiger partial charge in [0.05, 0.1) is 6.26 Å². The predicted molar refractivity (Wildman–Crippen MR) is 69.2 cm³/mol. The number of halogens is 1. The van der Waals surface area contributed by atoms with Crippen LogP contribution in [0.4, 0.5) is 11.5 Å². The second-order valence-corrected chi connectivity index (χ2v) is 4.32. The second-order valence-electron chi connectivity index (χ2n) is 3.94. The maximum absolute atomic E-state index is 5.83. The van der Waals surface area contributed by atoms with E-state index in [1.165, 1.54) is 0 Å². The second kappa shape index (κ2) is 5.10. The molecule has 17 heavy (non-hydrogen) atoms. The lowest BCUT2D eigenvalue weighted by Crippen LogP contribution is -2.18. The van der Waals surface area contributed by atoms with Crippen LogP contribution in [0.5, 0.6) is 0 Å². The Balaban J connectivity index is 2.00. The van der Waals surface area contributed by atoms with Crippen molar-refractivity contribution in [3.8, 4) is 0 Å². The molecule has 2 rings (SSSR count). The zero-order chi connectivity index (χ0) is 12.3. The highest BCUT2D eigenvalue weighted by molar-refractivity contribution is 6.29. The average molecular weight is 252 g/mol. The van der Waals surface area contributed by atoms with Gasteiger partial charge in [0, 0.05) is 24.2 Å². The van der Waals surface area contributed by atoms with Crippen molar-refractivity contribution in [2.75, 3.05) is 11.1 Å². The Bertz CT molecular complexity index is 464. The van der Waals surface area contributed by atoms with E-state index >= 15 is 0 Å². The van der Waals surface area contributed by atoms with Crippen LogP contribution in [0.25, 0.3) is 0 Å². The zero-order valence-corrected chi connectivity index (χ0v) is 10.2. The molecule has 5 heteroatoms. The lowest BCUT2D eigenvalue weighted by Gasteiger charge is -2.13. The lowest BCUT2D eigenvalue weighted by atomic mass is 10.2. The fourth-order valence-electron chi connectivity index (χ4n) is 1.62. The van der Waals surface area contributed by atoms with Crippen molar-refractivity contribution in [1.82, 2.24) is 4.98 Å². The number of aromatic nitrogens is 1. The highest BCUT2D eigenvalue weighted by Gasteiger charge is 2.07. The monoisotopic (exact) mass is 251 g/mol. The topological polar surface area (TPSA) is 64.1 Å². The SMILES string of the molecule is CC(Cc1ccco1)Nc1cc(N)cc(Cl)n1. The van der Waals surface area contributed by atoms with E-state index in [0.29, 0.717) is 16.7 Å². The molecule has 4 nitrogen and oxygen atoms in total. The molecule has 2 aromatic heterocycles. The number of nitrogens with two attached hydrogens (primary N) is 1. The Kier molecular flexibility index (Phi) is 3.54. The first-order valence-electron chi connectivity index (χ1n) is 5.35. The number of rotatable bonds is 4. The zero-order valence-electron chi connectivity index (χ0n) is 9.48. The van der Waals surface area contributed by atoms with Crippen molar-refractivity contribution in [1.29, 1.82) is 0 Å². The van der Waals surface area contributed by atoms with Crippen molar-refractivity contribution >= 4 is 23.1 Å². The summed E-state index contributed by atoms with van der Waals surface area (Å²) in [6.07, 6.45) is 2.44. The molecule has 0 amide bonds. The summed E-state index contributed by atoms with van der Waals surface area (Å²) in [5.74, 6) is 1.61. The van der Waals surface area contributed by atoms with E-state index in [9.17, 15) is 0 Å². The van der Waals surface area contributed by atoms with Crippen LogP contribution in [0.15, 0.2) is 34.9 Å². The van der Waals surface area contributed by atoms with E-state index in [1.807, 2.05) is 19.1 Å². The molecule has 90 valence electrons. The Labute approximate surface area is 105 Å². The molecule has 0 aromatic carbocycles. The van der Waals surface area contributed by atoms with Crippen molar-refractivity contribution < 1.29 is 4.42 Å². The molecular weight excluding hydrogens is 238 g/mol. The van der Waals surface area contributed by atoms with Gasteiger partial charge in [-0.2, -0.15) is 0 Å². The van der Waals surface area contributed by atoms with Crippen LogP contribution in [0.1, 0.15) is 12.7 Å². The molecule has 0 aliphatic heterocycles. The third kappa shape index (κ3) is 3.39. The molecule has 3 N–H and O–H groups in total. The van der Waals surface area contributed by atoms with Crippen LogP contribution in [0.2, 0.25) is 5.15 Å². The van der Waals surface area contributed by atoms with Crippen LogP contribution in [0.3, 0.4) is 0 Å². The van der Waals surface area contributed by atoms with Gasteiger partial charge in [0.2, 0.25) is 0 Å². The van der Waals surface area contributed by atoms with Crippen molar-refractivity contribution in [3.63, 3.8) is 0 Å². The van der Waals surface area contributed by atoms with Gasteiger partial charge in [-0.25, -0.2) is 4.98 Å². The third-order valence-corrected chi connectivity index (χ3v) is 2.49. The van der Waals surface area contributed by atoms with Crippen molar-refractivity contribution in [2.24, 2.45) is 0 Å². The van der Waals surface area contributed by atoms with Gasteiger partial charge in [0.25, 0.3) is 0 Å². The van der Waals surface area contributed by atoms with Gasteiger partial charge in [-0.1, -0.05) is 11.6 Å². The molecule has 1 atom stereocenters. The van der Waals surface area contributed by atoms with Gasteiger partial charge in [0.15, 0.2) is 0 Å². The molecule has 0 saturated carbocycles. The summed E-state index contributed by atoms with van der Waals surface area (Å²) in [5, 5.41) is 3.61. The minimum absolute atomic E-state index is 0.187. The number of pyridine rings is 1. The maximum Gasteiger partial charge on any atom is 0.133 e. The summed E-state index contributed by atoms with van der Waals surface area (Å²) in [6.45, 7) is 2.04. The third-order valence-electron chi connectivity index (χ3n) is 2.30. The predicted octanol–water partition coefficient (Wildman–Crippen LogP) is 2.95. The van der Waals surface area contributed by atoms with Gasteiger partial charge >= 0.3 is 0 Å². The smallest absolute Gasteiger partial charge is 0.133 e. The molecule has 0 fully saturated rings. The van der Waals surface area contributed by atoms with Crippen LogP contribution in [-0.2, 0) is 6.42 Å². The summed E-state index contributed by atoms with van der Waals surface area (Å²) in [6, 6.07) is 7.37. The molecule has 0 spiro atoms. The number of hydrogen-bond donors (Lipinski definition) is 2. The maximum atomic E-state index is 5.83. The standard InChI is InChI=1S/C12H14ClN3O/c1-8(5-10-3-2-4-17-10)15-12-7-9(14)6-11(13)16-12/h2-4,6-8H,5H2,1H3,(H3,14,15,16). The first-order valence-corrected chi connectivity index (χ1v) is 5.73. The van der Waals surface area contributed by atoms with E-state index in [4.69, 9.17) is 21.8 Å². The summed E-state index contributed by atoms with van der Waals surface area (Å²) in [4.78, 5) is 4.15. The summed E-state index contributed by atoms with van der Waals surface area (Å²) in [7, 11) is 0. The van der Waals surface area contributed by atoms with E-state index in [2.05, 4.69) is 10.3 Å². The lowest BCUT2D eigenvalue weighted by molar-refractivity contribution is 0.497. The van der Waals surface area contributed by atoms with E-state index in [0.717, 1.165) is 12.2 Å². The van der Waals surface area contributed by atoms with Gasteiger partial charge in [-0.05, 0) is 25.1 Å². The molecule has 0 aliphatic carbocycles. The first-order chi connectivity index (χ1) is 8.13. The highest BCUT2D eigenvalue weighted by Crippen LogP contribution is 2.17. The number of anilines is 2. The normalized spacial score (nSPS) is 12.4. The molecule has 2 aromatic rings. The van der Waals surface area contributed by atoms with Crippen LogP contribution in [0, 0.1) is 0 Å².